The molecule has 1 aromatic rings. The summed E-state index contributed by atoms with van der Waals surface area (Å²) >= 11 is 11.8. The Morgan fingerprint density at radius 3 is 2.30 bits per heavy atom. The van der Waals surface area contributed by atoms with E-state index in [1.165, 1.54) is 22.5 Å². The predicted octanol–water partition coefficient (Wildman–Crippen LogP) is 2.74. The third kappa shape index (κ3) is 3.12. The summed E-state index contributed by atoms with van der Waals surface area (Å²) in [5.74, 6) is 0. The van der Waals surface area contributed by atoms with E-state index in [4.69, 9.17) is 28.9 Å². The molecule has 0 radical (unpaired) electrons. The second-order valence-corrected chi connectivity index (χ2v) is 8.64. The van der Waals surface area contributed by atoms with Gasteiger partial charge in [0.25, 0.3) is 0 Å². The van der Waals surface area contributed by atoms with Gasteiger partial charge >= 0.3 is 0 Å². The van der Waals surface area contributed by atoms with Gasteiger partial charge in [-0.05, 0) is 30.0 Å². The first-order valence-corrected chi connectivity index (χ1v) is 8.54. The Labute approximate surface area is 129 Å². The van der Waals surface area contributed by atoms with Gasteiger partial charge in [0.1, 0.15) is 0 Å². The number of benzene rings is 1. The lowest BCUT2D eigenvalue weighted by molar-refractivity contribution is 0.155. The van der Waals surface area contributed by atoms with Gasteiger partial charge in [0, 0.05) is 29.2 Å². The van der Waals surface area contributed by atoms with E-state index >= 15 is 0 Å². The molecule has 4 nitrogen and oxygen atoms in total. The summed E-state index contributed by atoms with van der Waals surface area (Å²) in [6, 6.07) is 4.35. The van der Waals surface area contributed by atoms with Crippen LogP contribution in [-0.4, -0.2) is 31.9 Å². The number of hydrogen-bond acceptors (Lipinski definition) is 3. The molecule has 0 aromatic heterocycles. The van der Waals surface area contributed by atoms with Crippen LogP contribution in [-0.2, 0) is 10.0 Å². The van der Waals surface area contributed by atoms with Crippen LogP contribution in [0.5, 0.6) is 0 Å². The fourth-order valence-electron chi connectivity index (χ4n) is 2.36. The molecule has 1 aliphatic rings. The first-order valence-electron chi connectivity index (χ1n) is 6.35. The predicted molar refractivity (Wildman–Crippen MR) is 81.6 cm³/mol. The molecule has 0 bridgehead atoms. The molecular formula is C13H18Cl2N2O2S. The highest BCUT2D eigenvalue weighted by Crippen LogP contribution is 2.32. The molecule has 1 aliphatic heterocycles. The van der Waals surface area contributed by atoms with Crippen LogP contribution in [0.15, 0.2) is 23.1 Å². The SMILES string of the molecule is CC1(C)CN(S(=O)(=O)c2cc(Cl)cc(Cl)c2)CCC1N. The van der Waals surface area contributed by atoms with Gasteiger partial charge in [-0.2, -0.15) is 4.31 Å². The molecule has 1 heterocycles. The van der Waals surface area contributed by atoms with Crippen LogP contribution in [0.1, 0.15) is 20.3 Å². The first kappa shape index (κ1) is 16.0. The van der Waals surface area contributed by atoms with E-state index in [1.807, 2.05) is 13.8 Å². The van der Waals surface area contributed by atoms with Crippen molar-refractivity contribution in [2.45, 2.75) is 31.2 Å². The summed E-state index contributed by atoms with van der Waals surface area (Å²) in [7, 11) is -3.59. The Morgan fingerprint density at radius 2 is 1.80 bits per heavy atom. The van der Waals surface area contributed by atoms with Gasteiger partial charge in [-0.3, -0.25) is 0 Å². The maximum absolute atomic E-state index is 12.7. The van der Waals surface area contributed by atoms with Crippen LogP contribution in [0.25, 0.3) is 0 Å². The number of hydrogen-bond donors (Lipinski definition) is 1. The van der Waals surface area contributed by atoms with Gasteiger partial charge in [-0.1, -0.05) is 37.0 Å². The molecule has 2 rings (SSSR count). The Morgan fingerprint density at radius 1 is 1.25 bits per heavy atom. The summed E-state index contributed by atoms with van der Waals surface area (Å²) in [5.41, 5.74) is 5.78. The summed E-state index contributed by atoms with van der Waals surface area (Å²) in [6.07, 6.45) is 0.639. The molecule has 1 unspecified atom stereocenters. The number of rotatable bonds is 2. The minimum absolute atomic E-state index is 0.00287. The summed E-state index contributed by atoms with van der Waals surface area (Å²) in [4.78, 5) is 0.126. The fourth-order valence-corrected chi connectivity index (χ4v) is 4.71. The number of halogens is 2. The van der Waals surface area contributed by atoms with Gasteiger partial charge in [-0.25, -0.2) is 8.42 Å². The zero-order chi connectivity index (χ0) is 15.1. The van der Waals surface area contributed by atoms with E-state index in [1.54, 1.807) is 0 Å². The van der Waals surface area contributed by atoms with E-state index in [2.05, 4.69) is 0 Å². The van der Waals surface area contributed by atoms with Crippen LogP contribution in [0.3, 0.4) is 0 Å². The minimum Gasteiger partial charge on any atom is -0.327 e. The molecule has 0 amide bonds. The van der Waals surface area contributed by atoms with Crippen molar-refractivity contribution in [2.24, 2.45) is 11.1 Å². The minimum atomic E-state index is -3.59. The molecule has 20 heavy (non-hydrogen) atoms. The van der Waals surface area contributed by atoms with Crippen molar-refractivity contribution in [3.8, 4) is 0 Å². The van der Waals surface area contributed by atoms with Crippen LogP contribution in [0.4, 0.5) is 0 Å². The van der Waals surface area contributed by atoms with Crippen LogP contribution in [0, 0.1) is 5.41 Å². The smallest absolute Gasteiger partial charge is 0.243 e. The topological polar surface area (TPSA) is 63.4 Å². The molecule has 112 valence electrons. The molecule has 0 aliphatic carbocycles. The van der Waals surface area contributed by atoms with E-state index in [-0.39, 0.29) is 16.4 Å². The summed E-state index contributed by atoms with van der Waals surface area (Å²) < 4.78 is 26.8. The number of sulfonamides is 1. The Balaban J connectivity index is 2.36. The number of nitrogens with two attached hydrogens (primary N) is 1. The highest BCUT2D eigenvalue weighted by atomic mass is 35.5. The van der Waals surface area contributed by atoms with Crippen molar-refractivity contribution >= 4 is 33.2 Å². The Hall–Kier alpha value is -0.330. The van der Waals surface area contributed by atoms with E-state index in [0.29, 0.717) is 29.6 Å². The Bertz CT molecular complexity index is 597. The van der Waals surface area contributed by atoms with Crippen molar-refractivity contribution in [2.75, 3.05) is 13.1 Å². The lowest BCUT2D eigenvalue weighted by Crippen LogP contribution is -2.53. The molecule has 0 saturated carbocycles. The summed E-state index contributed by atoms with van der Waals surface area (Å²) in [6.45, 7) is 4.76. The quantitative estimate of drug-likeness (QED) is 0.903. The van der Waals surface area contributed by atoms with Crippen molar-refractivity contribution in [1.29, 1.82) is 0 Å². The second-order valence-electron chi connectivity index (χ2n) is 5.83. The van der Waals surface area contributed by atoms with E-state index < -0.39 is 10.0 Å². The molecule has 7 heteroatoms. The zero-order valence-corrected chi connectivity index (χ0v) is 13.8. The van der Waals surface area contributed by atoms with Crippen molar-refractivity contribution in [3.05, 3.63) is 28.2 Å². The fraction of sp³-hybridized carbons (Fsp3) is 0.538. The maximum atomic E-state index is 12.7. The van der Waals surface area contributed by atoms with Gasteiger partial charge < -0.3 is 5.73 Å². The lowest BCUT2D eigenvalue weighted by Gasteiger charge is -2.41. The molecular weight excluding hydrogens is 319 g/mol. The Kier molecular flexibility index (Phi) is 4.38. The molecule has 0 spiro atoms. The van der Waals surface area contributed by atoms with E-state index in [9.17, 15) is 8.42 Å². The average molecular weight is 337 g/mol. The number of nitrogens with zero attached hydrogens (tertiary/aromatic N) is 1. The largest absolute Gasteiger partial charge is 0.327 e. The van der Waals surface area contributed by atoms with Gasteiger partial charge in [-0.15, -0.1) is 0 Å². The highest BCUT2D eigenvalue weighted by molar-refractivity contribution is 7.89. The zero-order valence-electron chi connectivity index (χ0n) is 11.4. The highest BCUT2D eigenvalue weighted by Gasteiger charge is 2.38. The third-order valence-corrected chi connectivity index (χ3v) is 6.01. The maximum Gasteiger partial charge on any atom is 0.243 e. The van der Waals surface area contributed by atoms with Crippen molar-refractivity contribution < 1.29 is 8.42 Å². The third-order valence-electron chi connectivity index (χ3n) is 3.75. The molecule has 1 atom stereocenters. The van der Waals surface area contributed by atoms with Crippen molar-refractivity contribution in [3.63, 3.8) is 0 Å². The second kappa shape index (κ2) is 5.46. The molecule has 2 N–H and O–H groups in total. The molecule has 1 saturated heterocycles. The standard InChI is InChI=1S/C13H18Cl2N2O2S/c1-13(2)8-17(4-3-12(13)16)20(18,19)11-6-9(14)5-10(15)7-11/h5-7,12H,3-4,8,16H2,1-2H3. The lowest BCUT2D eigenvalue weighted by atomic mass is 9.81. The van der Waals surface area contributed by atoms with Crippen LogP contribution in [0.2, 0.25) is 10.0 Å². The first-order chi connectivity index (χ1) is 9.13. The van der Waals surface area contributed by atoms with Gasteiger partial charge in [0.05, 0.1) is 4.90 Å². The van der Waals surface area contributed by atoms with Gasteiger partial charge in [0.2, 0.25) is 10.0 Å². The normalized spacial score (nSPS) is 23.8. The van der Waals surface area contributed by atoms with E-state index in [0.717, 1.165) is 0 Å². The van der Waals surface area contributed by atoms with Crippen LogP contribution >= 0.6 is 23.2 Å². The molecule has 1 fully saturated rings. The molecule has 1 aromatic carbocycles. The van der Waals surface area contributed by atoms with Crippen molar-refractivity contribution in [1.82, 2.24) is 4.31 Å². The summed E-state index contributed by atoms with van der Waals surface area (Å²) in [5, 5.41) is 0.619. The van der Waals surface area contributed by atoms with Crippen LogP contribution < -0.4 is 5.73 Å². The average Bonchev–Trinajstić information content (AvgIpc) is 2.31. The monoisotopic (exact) mass is 336 g/mol. The van der Waals surface area contributed by atoms with Gasteiger partial charge in [0.15, 0.2) is 0 Å². The number of piperidine rings is 1.